The molecule has 0 aromatic carbocycles. The molecule has 0 radical (unpaired) electrons. The largest absolute Gasteiger partial charge is 0.481 e. The minimum atomic E-state index is -0.867. The second kappa shape index (κ2) is 5.29. The molecule has 1 aliphatic rings. The van der Waals surface area contributed by atoms with E-state index in [4.69, 9.17) is 0 Å². The molecule has 0 unspecified atom stereocenters. The number of carbonyl (C=O) groups excluding carboxylic acids is 1. The molecule has 23 heavy (non-hydrogen) atoms. The fourth-order valence-electron chi connectivity index (χ4n) is 2.88. The van der Waals surface area contributed by atoms with E-state index in [1.165, 1.54) is 0 Å². The second-order valence-electron chi connectivity index (χ2n) is 6.39. The quantitative estimate of drug-likeness (QED) is 0.890. The number of likely N-dealkylation sites (tertiary alicyclic amines) is 1. The van der Waals surface area contributed by atoms with E-state index in [2.05, 4.69) is 15.1 Å². The maximum absolute atomic E-state index is 12.4. The summed E-state index contributed by atoms with van der Waals surface area (Å²) in [5.41, 5.74) is 0.882. The summed E-state index contributed by atoms with van der Waals surface area (Å²) in [5, 5.41) is 13.6. The Balaban J connectivity index is 1.76. The van der Waals surface area contributed by atoms with E-state index in [9.17, 15) is 14.7 Å². The summed E-state index contributed by atoms with van der Waals surface area (Å²) in [6, 6.07) is 1.89. The molecule has 0 spiro atoms. The summed E-state index contributed by atoms with van der Waals surface area (Å²) < 4.78 is 1.61. The van der Waals surface area contributed by atoms with Crippen molar-refractivity contribution >= 4 is 17.7 Å². The van der Waals surface area contributed by atoms with Crippen LogP contribution in [0.25, 0.3) is 5.78 Å². The van der Waals surface area contributed by atoms with E-state index in [0.717, 1.165) is 11.4 Å². The van der Waals surface area contributed by atoms with E-state index in [-0.39, 0.29) is 18.9 Å². The average molecular weight is 317 g/mol. The second-order valence-corrected chi connectivity index (χ2v) is 6.39. The van der Waals surface area contributed by atoms with Crippen LogP contribution in [0.3, 0.4) is 0 Å². The zero-order valence-electron chi connectivity index (χ0n) is 13.4. The molecule has 2 aromatic heterocycles. The normalized spacial score (nSPS) is 21.1. The van der Waals surface area contributed by atoms with Gasteiger partial charge >= 0.3 is 5.97 Å². The van der Waals surface area contributed by atoms with Gasteiger partial charge in [-0.05, 0) is 33.3 Å². The third kappa shape index (κ3) is 2.76. The Morgan fingerprint density at radius 2 is 2.09 bits per heavy atom. The molecule has 1 atom stereocenters. The lowest BCUT2D eigenvalue weighted by molar-refractivity contribution is -0.147. The molecule has 3 rings (SSSR count). The third-order valence-electron chi connectivity index (χ3n) is 4.31. The van der Waals surface area contributed by atoms with E-state index in [1.807, 2.05) is 19.9 Å². The SMILES string of the molecule is Cc1cc(C)n2nc(CC(=O)N3CC[C@](C)(C(=O)O)C3)nc2n1. The Kier molecular flexibility index (Phi) is 3.54. The van der Waals surface area contributed by atoms with Crippen molar-refractivity contribution < 1.29 is 14.7 Å². The topological polar surface area (TPSA) is 101 Å². The molecule has 0 bridgehead atoms. The molecular formula is C15H19N5O3. The minimum absolute atomic E-state index is 0.0531. The number of rotatable bonds is 3. The van der Waals surface area contributed by atoms with Crippen LogP contribution in [0.5, 0.6) is 0 Å². The van der Waals surface area contributed by atoms with Crippen molar-refractivity contribution in [3.8, 4) is 0 Å². The van der Waals surface area contributed by atoms with Gasteiger partial charge in [-0.25, -0.2) is 9.50 Å². The Morgan fingerprint density at radius 3 is 2.74 bits per heavy atom. The number of nitrogens with zero attached hydrogens (tertiary/aromatic N) is 5. The van der Waals surface area contributed by atoms with Gasteiger partial charge in [0.05, 0.1) is 11.8 Å². The van der Waals surface area contributed by atoms with Gasteiger partial charge in [0.25, 0.3) is 5.78 Å². The Labute approximate surface area is 133 Å². The van der Waals surface area contributed by atoms with Crippen molar-refractivity contribution in [2.45, 2.75) is 33.6 Å². The first-order valence-electron chi connectivity index (χ1n) is 7.49. The molecule has 3 heterocycles. The van der Waals surface area contributed by atoms with Crippen LogP contribution in [0.15, 0.2) is 6.07 Å². The number of hydrogen-bond acceptors (Lipinski definition) is 5. The fourth-order valence-corrected chi connectivity index (χ4v) is 2.88. The Hall–Kier alpha value is -2.51. The van der Waals surface area contributed by atoms with E-state index < -0.39 is 11.4 Å². The van der Waals surface area contributed by atoms with Crippen LogP contribution >= 0.6 is 0 Å². The molecule has 2 aromatic rings. The zero-order chi connectivity index (χ0) is 16.8. The summed E-state index contributed by atoms with van der Waals surface area (Å²) in [5.74, 6) is -0.142. The van der Waals surface area contributed by atoms with Crippen LogP contribution in [-0.4, -0.2) is 54.6 Å². The van der Waals surface area contributed by atoms with Crippen molar-refractivity contribution in [2.24, 2.45) is 5.41 Å². The van der Waals surface area contributed by atoms with Crippen molar-refractivity contribution in [2.75, 3.05) is 13.1 Å². The summed E-state index contributed by atoms with van der Waals surface area (Å²) in [6.45, 7) is 6.13. The first kappa shape index (κ1) is 15.4. The predicted molar refractivity (Wildman–Crippen MR) is 80.9 cm³/mol. The molecule has 122 valence electrons. The van der Waals surface area contributed by atoms with Crippen LogP contribution in [0.1, 0.15) is 30.6 Å². The minimum Gasteiger partial charge on any atom is -0.481 e. The smallest absolute Gasteiger partial charge is 0.311 e. The molecule has 1 amide bonds. The Morgan fingerprint density at radius 1 is 1.35 bits per heavy atom. The van der Waals surface area contributed by atoms with Gasteiger partial charge in [-0.2, -0.15) is 4.98 Å². The number of carboxylic acid groups (broad SMARTS) is 1. The number of amides is 1. The van der Waals surface area contributed by atoms with Crippen LogP contribution < -0.4 is 0 Å². The van der Waals surface area contributed by atoms with E-state index in [0.29, 0.717) is 24.6 Å². The molecule has 1 N–H and O–H groups in total. The van der Waals surface area contributed by atoms with Gasteiger partial charge in [0, 0.05) is 24.5 Å². The summed E-state index contributed by atoms with van der Waals surface area (Å²) >= 11 is 0. The molecule has 1 aliphatic heterocycles. The van der Waals surface area contributed by atoms with Gasteiger partial charge in [0.1, 0.15) is 0 Å². The highest BCUT2D eigenvalue weighted by Gasteiger charge is 2.42. The number of aromatic nitrogens is 4. The van der Waals surface area contributed by atoms with E-state index in [1.54, 1.807) is 16.3 Å². The van der Waals surface area contributed by atoms with Gasteiger partial charge in [0.2, 0.25) is 5.91 Å². The molecule has 8 heteroatoms. The lowest BCUT2D eigenvalue weighted by atomic mass is 9.90. The Bertz CT molecular complexity index is 800. The molecule has 0 saturated carbocycles. The standard InChI is InChI=1S/C15H19N5O3/c1-9-6-10(2)20-14(16-9)17-11(18-20)7-12(21)19-5-4-15(3,8-19)13(22)23/h6H,4-5,7-8H2,1-3H3,(H,22,23)/t15-/m0/s1. The maximum Gasteiger partial charge on any atom is 0.311 e. The summed E-state index contributed by atoms with van der Waals surface area (Å²) in [4.78, 5) is 33.8. The van der Waals surface area contributed by atoms with Crippen molar-refractivity contribution in [1.29, 1.82) is 0 Å². The molecule has 1 fully saturated rings. The van der Waals surface area contributed by atoms with Gasteiger partial charge in [0.15, 0.2) is 5.82 Å². The summed E-state index contributed by atoms with van der Waals surface area (Å²) in [7, 11) is 0. The van der Waals surface area contributed by atoms with Gasteiger partial charge in [-0.15, -0.1) is 5.10 Å². The molecule has 1 saturated heterocycles. The summed E-state index contributed by atoms with van der Waals surface area (Å²) in [6.07, 6.45) is 0.518. The van der Waals surface area contributed by atoms with Crippen LogP contribution in [0.4, 0.5) is 0 Å². The van der Waals surface area contributed by atoms with Gasteiger partial charge in [-0.1, -0.05) is 0 Å². The van der Waals surface area contributed by atoms with Crippen LogP contribution in [0, 0.1) is 19.3 Å². The highest BCUT2D eigenvalue weighted by Crippen LogP contribution is 2.30. The molecule has 0 aliphatic carbocycles. The fraction of sp³-hybridized carbons (Fsp3) is 0.533. The zero-order valence-corrected chi connectivity index (χ0v) is 13.4. The first-order chi connectivity index (χ1) is 10.8. The highest BCUT2D eigenvalue weighted by atomic mass is 16.4. The predicted octanol–water partition coefficient (Wildman–Crippen LogP) is 0.607. The third-order valence-corrected chi connectivity index (χ3v) is 4.31. The van der Waals surface area contributed by atoms with Gasteiger partial charge in [-0.3, -0.25) is 9.59 Å². The number of hydrogen-bond donors (Lipinski definition) is 1. The number of fused-ring (bicyclic) bond motifs is 1. The van der Waals surface area contributed by atoms with Crippen LogP contribution in [-0.2, 0) is 16.0 Å². The van der Waals surface area contributed by atoms with Crippen LogP contribution in [0.2, 0.25) is 0 Å². The van der Waals surface area contributed by atoms with E-state index >= 15 is 0 Å². The molecule has 8 nitrogen and oxygen atoms in total. The van der Waals surface area contributed by atoms with Crippen molar-refractivity contribution in [3.05, 3.63) is 23.3 Å². The highest BCUT2D eigenvalue weighted by molar-refractivity contribution is 5.81. The van der Waals surface area contributed by atoms with Gasteiger partial charge < -0.3 is 10.0 Å². The van der Waals surface area contributed by atoms with Crippen molar-refractivity contribution in [1.82, 2.24) is 24.5 Å². The monoisotopic (exact) mass is 317 g/mol. The number of aliphatic carboxylic acids is 1. The van der Waals surface area contributed by atoms with Crippen molar-refractivity contribution in [3.63, 3.8) is 0 Å². The number of carboxylic acids is 1. The lowest BCUT2D eigenvalue weighted by Crippen LogP contribution is -2.35. The number of aryl methyl sites for hydroxylation is 2. The molecular weight excluding hydrogens is 298 g/mol. The lowest BCUT2D eigenvalue weighted by Gasteiger charge is -2.19. The average Bonchev–Trinajstić information content (AvgIpc) is 3.03. The first-order valence-corrected chi connectivity index (χ1v) is 7.49. The maximum atomic E-state index is 12.4. The number of carbonyl (C=O) groups is 2.